The smallest absolute Gasteiger partial charge is 0.248 e. The maximum Gasteiger partial charge on any atom is 0.248 e. The molecule has 21 heavy (non-hydrogen) atoms. The minimum absolute atomic E-state index is 0.0380. The Morgan fingerprint density at radius 1 is 1.33 bits per heavy atom. The molecule has 1 heterocycles. The minimum atomic E-state index is -0.0786. The SMILES string of the molecule is Cc1cc(C)n(C(=O)CC(C)NOCc2ccccc2)n1. The van der Waals surface area contributed by atoms with Crippen LogP contribution in [0.5, 0.6) is 0 Å². The summed E-state index contributed by atoms with van der Waals surface area (Å²) in [4.78, 5) is 17.5. The van der Waals surface area contributed by atoms with E-state index in [4.69, 9.17) is 4.84 Å². The van der Waals surface area contributed by atoms with Crippen molar-refractivity contribution < 1.29 is 9.63 Å². The number of benzene rings is 1. The van der Waals surface area contributed by atoms with Crippen LogP contribution in [0.15, 0.2) is 36.4 Å². The lowest BCUT2D eigenvalue weighted by Gasteiger charge is -2.13. The quantitative estimate of drug-likeness (QED) is 0.830. The number of rotatable bonds is 6. The molecule has 0 saturated heterocycles. The molecular weight excluding hydrogens is 266 g/mol. The number of nitrogens with zero attached hydrogens (tertiary/aromatic N) is 2. The molecule has 0 fully saturated rings. The van der Waals surface area contributed by atoms with Crippen molar-refractivity contribution in [2.75, 3.05) is 0 Å². The fourth-order valence-corrected chi connectivity index (χ4v) is 2.11. The second-order valence-electron chi connectivity index (χ2n) is 5.23. The Balaban J connectivity index is 1.78. The molecule has 0 aliphatic rings. The topological polar surface area (TPSA) is 56.2 Å². The third-order valence-corrected chi connectivity index (χ3v) is 3.09. The summed E-state index contributed by atoms with van der Waals surface area (Å²) in [5, 5.41) is 4.19. The molecule has 0 aliphatic carbocycles. The van der Waals surface area contributed by atoms with Crippen molar-refractivity contribution >= 4 is 5.91 Å². The number of carbonyl (C=O) groups is 1. The molecule has 0 aliphatic heterocycles. The average molecular weight is 287 g/mol. The molecule has 1 atom stereocenters. The summed E-state index contributed by atoms with van der Waals surface area (Å²) in [7, 11) is 0. The van der Waals surface area contributed by atoms with Gasteiger partial charge in [0.15, 0.2) is 0 Å². The molecule has 0 saturated carbocycles. The summed E-state index contributed by atoms with van der Waals surface area (Å²) in [6.45, 7) is 6.14. The second-order valence-corrected chi connectivity index (χ2v) is 5.23. The average Bonchev–Trinajstić information content (AvgIpc) is 2.79. The van der Waals surface area contributed by atoms with E-state index in [9.17, 15) is 4.79 Å². The predicted octanol–water partition coefficient (Wildman–Crippen LogP) is 2.64. The van der Waals surface area contributed by atoms with E-state index in [2.05, 4.69) is 10.6 Å². The first kappa shape index (κ1) is 15.4. The molecule has 5 heteroatoms. The number of nitrogens with one attached hydrogen (secondary N) is 1. The fraction of sp³-hybridized carbons (Fsp3) is 0.375. The first-order valence-electron chi connectivity index (χ1n) is 7.04. The summed E-state index contributed by atoms with van der Waals surface area (Å²) < 4.78 is 1.45. The standard InChI is InChI=1S/C16H21N3O2/c1-12-9-14(3)19(17-12)16(20)10-13(2)18-21-11-15-7-5-4-6-8-15/h4-9,13,18H,10-11H2,1-3H3. The van der Waals surface area contributed by atoms with Crippen LogP contribution in [0.2, 0.25) is 0 Å². The normalized spacial score (nSPS) is 12.3. The zero-order valence-electron chi connectivity index (χ0n) is 12.7. The Morgan fingerprint density at radius 2 is 2.05 bits per heavy atom. The van der Waals surface area contributed by atoms with Crippen LogP contribution >= 0.6 is 0 Å². The van der Waals surface area contributed by atoms with Gasteiger partial charge in [0.2, 0.25) is 5.91 Å². The molecule has 112 valence electrons. The summed E-state index contributed by atoms with van der Waals surface area (Å²) >= 11 is 0. The molecule has 1 unspecified atom stereocenters. The van der Waals surface area contributed by atoms with Gasteiger partial charge in [-0.1, -0.05) is 30.3 Å². The maximum atomic E-state index is 12.1. The van der Waals surface area contributed by atoms with Gasteiger partial charge in [0.1, 0.15) is 0 Å². The van der Waals surface area contributed by atoms with Crippen molar-refractivity contribution in [3.8, 4) is 0 Å². The number of carbonyl (C=O) groups excluding carboxylic acids is 1. The number of hydrogen-bond acceptors (Lipinski definition) is 4. The molecule has 1 aromatic carbocycles. The Kier molecular flexibility index (Phi) is 5.25. The lowest BCUT2D eigenvalue weighted by molar-refractivity contribution is 0.00560. The Morgan fingerprint density at radius 3 is 2.67 bits per heavy atom. The van der Waals surface area contributed by atoms with Crippen LogP contribution in [0, 0.1) is 13.8 Å². The van der Waals surface area contributed by atoms with E-state index in [1.54, 1.807) is 0 Å². The van der Waals surface area contributed by atoms with Crippen LogP contribution in [-0.4, -0.2) is 21.7 Å². The van der Waals surface area contributed by atoms with Gasteiger partial charge in [0, 0.05) is 18.2 Å². The molecule has 1 aromatic heterocycles. The van der Waals surface area contributed by atoms with Gasteiger partial charge in [0.05, 0.1) is 12.3 Å². The predicted molar refractivity (Wildman–Crippen MR) is 80.8 cm³/mol. The summed E-state index contributed by atoms with van der Waals surface area (Å²) in [6.07, 6.45) is 0.330. The van der Waals surface area contributed by atoms with Gasteiger partial charge >= 0.3 is 0 Å². The number of aryl methyl sites for hydroxylation is 2. The summed E-state index contributed by atoms with van der Waals surface area (Å²) in [6, 6.07) is 11.7. The highest BCUT2D eigenvalue weighted by molar-refractivity contribution is 5.79. The van der Waals surface area contributed by atoms with Crippen molar-refractivity contribution in [3.63, 3.8) is 0 Å². The first-order chi connectivity index (χ1) is 10.1. The molecule has 2 aromatic rings. The Labute approximate surface area is 124 Å². The van der Waals surface area contributed by atoms with Crippen molar-refractivity contribution in [1.82, 2.24) is 15.3 Å². The third kappa shape index (κ3) is 4.51. The van der Waals surface area contributed by atoms with Gasteiger partial charge in [0.25, 0.3) is 0 Å². The van der Waals surface area contributed by atoms with Gasteiger partial charge in [-0.15, -0.1) is 0 Å². The van der Waals surface area contributed by atoms with Crippen LogP contribution in [0.4, 0.5) is 0 Å². The Bertz CT molecular complexity index is 593. The third-order valence-electron chi connectivity index (χ3n) is 3.09. The molecule has 5 nitrogen and oxygen atoms in total. The highest BCUT2D eigenvalue weighted by Crippen LogP contribution is 2.05. The molecule has 0 spiro atoms. The Hall–Kier alpha value is -1.98. The fourth-order valence-electron chi connectivity index (χ4n) is 2.11. The van der Waals surface area contributed by atoms with Crippen molar-refractivity contribution in [2.24, 2.45) is 0 Å². The molecular formula is C16H21N3O2. The summed E-state index contributed by atoms with van der Waals surface area (Å²) in [5.41, 5.74) is 5.69. The lowest BCUT2D eigenvalue weighted by atomic mass is 10.2. The van der Waals surface area contributed by atoms with E-state index in [-0.39, 0.29) is 11.9 Å². The number of aromatic nitrogens is 2. The number of hydrogen-bond donors (Lipinski definition) is 1. The second kappa shape index (κ2) is 7.15. The van der Waals surface area contributed by atoms with Crippen molar-refractivity contribution in [1.29, 1.82) is 0 Å². The lowest BCUT2D eigenvalue weighted by Crippen LogP contribution is -2.31. The summed E-state index contributed by atoms with van der Waals surface area (Å²) in [5.74, 6) is -0.0380. The van der Waals surface area contributed by atoms with Gasteiger partial charge < -0.3 is 0 Å². The monoisotopic (exact) mass is 287 g/mol. The van der Waals surface area contributed by atoms with Crippen molar-refractivity contribution in [3.05, 3.63) is 53.3 Å². The zero-order chi connectivity index (χ0) is 15.2. The molecule has 0 bridgehead atoms. The van der Waals surface area contributed by atoms with Crippen LogP contribution in [0.3, 0.4) is 0 Å². The largest absolute Gasteiger partial charge is 0.297 e. The van der Waals surface area contributed by atoms with E-state index in [0.29, 0.717) is 13.0 Å². The molecule has 0 radical (unpaired) electrons. The van der Waals surface area contributed by atoms with E-state index >= 15 is 0 Å². The van der Waals surface area contributed by atoms with Gasteiger partial charge in [-0.05, 0) is 32.4 Å². The van der Waals surface area contributed by atoms with Crippen LogP contribution in [0.25, 0.3) is 0 Å². The van der Waals surface area contributed by atoms with Crippen LogP contribution in [0.1, 0.15) is 35.1 Å². The first-order valence-corrected chi connectivity index (χ1v) is 7.04. The van der Waals surface area contributed by atoms with E-state index in [1.165, 1.54) is 4.68 Å². The van der Waals surface area contributed by atoms with Gasteiger partial charge in [-0.2, -0.15) is 10.6 Å². The van der Waals surface area contributed by atoms with Gasteiger partial charge in [-0.3, -0.25) is 9.63 Å². The van der Waals surface area contributed by atoms with Gasteiger partial charge in [-0.25, -0.2) is 4.68 Å². The minimum Gasteiger partial charge on any atom is -0.297 e. The van der Waals surface area contributed by atoms with Crippen LogP contribution in [-0.2, 0) is 11.4 Å². The molecule has 1 N–H and O–H groups in total. The van der Waals surface area contributed by atoms with E-state index in [0.717, 1.165) is 17.0 Å². The van der Waals surface area contributed by atoms with Crippen LogP contribution < -0.4 is 5.48 Å². The molecule has 0 amide bonds. The zero-order valence-corrected chi connectivity index (χ0v) is 12.7. The van der Waals surface area contributed by atoms with E-state index < -0.39 is 0 Å². The molecule has 2 rings (SSSR count). The van der Waals surface area contributed by atoms with E-state index in [1.807, 2.05) is 57.2 Å². The number of hydroxylamine groups is 1. The van der Waals surface area contributed by atoms with Crippen molar-refractivity contribution in [2.45, 2.75) is 39.8 Å². The highest BCUT2D eigenvalue weighted by atomic mass is 16.6. The maximum absolute atomic E-state index is 12.1. The highest BCUT2D eigenvalue weighted by Gasteiger charge is 2.14.